The van der Waals surface area contributed by atoms with Crippen LogP contribution >= 0.6 is 0 Å². The van der Waals surface area contributed by atoms with Gasteiger partial charge in [-0.15, -0.1) is 0 Å². The molecular formula is C15H17N5. The predicted molar refractivity (Wildman–Crippen MR) is 80.2 cm³/mol. The highest BCUT2D eigenvalue weighted by molar-refractivity contribution is 5.80. The Morgan fingerprint density at radius 1 is 1.10 bits per heavy atom. The summed E-state index contributed by atoms with van der Waals surface area (Å²) >= 11 is 0. The van der Waals surface area contributed by atoms with Crippen LogP contribution < -0.4 is 5.73 Å². The summed E-state index contributed by atoms with van der Waals surface area (Å²) < 4.78 is 2.21. The van der Waals surface area contributed by atoms with Crippen LogP contribution in [0.15, 0.2) is 36.8 Å². The van der Waals surface area contributed by atoms with Gasteiger partial charge in [0.15, 0.2) is 0 Å². The zero-order valence-electron chi connectivity index (χ0n) is 11.8. The maximum atomic E-state index is 5.66. The van der Waals surface area contributed by atoms with Crippen LogP contribution in [-0.2, 0) is 5.54 Å². The minimum absolute atomic E-state index is 0.0905. The monoisotopic (exact) mass is 267 g/mol. The lowest BCUT2D eigenvalue weighted by atomic mass is 10.1. The summed E-state index contributed by atoms with van der Waals surface area (Å²) in [5.41, 5.74) is 8.47. The van der Waals surface area contributed by atoms with E-state index in [1.807, 2.05) is 12.1 Å². The fraction of sp³-hybridized carbons (Fsp3) is 0.267. The molecule has 0 aliphatic rings. The Labute approximate surface area is 117 Å². The Hall–Kier alpha value is -2.43. The van der Waals surface area contributed by atoms with Crippen molar-refractivity contribution >= 4 is 16.9 Å². The number of pyridine rings is 2. The molecule has 102 valence electrons. The van der Waals surface area contributed by atoms with Crippen molar-refractivity contribution < 1.29 is 0 Å². The van der Waals surface area contributed by atoms with E-state index in [2.05, 4.69) is 35.3 Å². The summed E-state index contributed by atoms with van der Waals surface area (Å²) in [6, 6.07) is 5.72. The summed E-state index contributed by atoms with van der Waals surface area (Å²) in [7, 11) is 0. The van der Waals surface area contributed by atoms with E-state index in [0.717, 1.165) is 22.4 Å². The molecule has 0 aliphatic heterocycles. The van der Waals surface area contributed by atoms with Crippen LogP contribution in [0.3, 0.4) is 0 Å². The minimum atomic E-state index is -0.0905. The number of nitrogens with zero attached hydrogens (tertiary/aromatic N) is 4. The molecule has 0 amide bonds. The molecule has 0 aromatic carbocycles. The lowest BCUT2D eigenvalue weighted by molar-refractivity contribution is 0.413. The number of nitrogen functional groups attached to an aromatic ring is 1. The van der Waals surface area contributed by atoms with Gasteiger partial charge in [-0.2, -0.15) is 0 Å². The Morgan fingerprint density at radius 2 is 1.90 bits per heavy atom. The predicted octanol–water partition coefficient (Wildman–Crippen LogP) is 2.83. The van der Waals surface area contributed by atoms with Gasteiger partial charge in [0, 0.05) is 23.5 Å². The lowest BCUT2D eigenvalue weighted by Gasteiger charge is -2.24. The molecule has 0 saturated carbocycles. The van der Waals surface area contributed by atoms with Crippen LogP contribution in [0.25, 0.3) is 22.4 Å². The number of nitrogens with two attached hydrogens (primary N) is 1. The van der Waals surface area contributed by atoms with E-state index in [1.165, 1.54) is 0 Å². The fourth-order valence-electron chi connectivity index (χ4n) is 2.34. The maximum absolute atomic E-state index is 5.66. The Kier molecular flexibility index (Phi) is 2.71. The second kappa shape index (κ2) is 4.30. The second-order valence-corrected chi connectivity index (χ2v) is 5.78. The quantitative estimate of drug-likeness (QED) is 0.736. The molecule has 20 heavy (non-hydrogen) atoms. The first-order valence-electron chi connectivity index (χ1n) is 6.51. The molecular weight excluding hydrogens is 250 g/mol. The van der Waals surface area contributed by atoms with Gasteiger partial charge in [0.25, 0.3) is 0 Å². The van der Waals surface area contributed by atoms with Crippen LogP contribution in [0, 0.1) is 0 Å². The molecule has 0 atom stereocenters. The van der Waals surface area contributed by atoms with E-state index >= 15 is 0 Å². The molecule has 3 aromatic heterocycles. The number of anilines is 1. The lowest BCUT2D eigenvalue weighted by Crippen LogP contribution is -2.22. The number of hydrogen-bond acceptors (Lipinski definition) is 4. The van der Waals surface area contributed by atoms with Crippen molar-refractivity contribution in [2.75, 3.05) is 5.73 Å². The molecule has 0 radical (unpaired) electrons. The molecule has 5 nitrogen and oxygen atoms in total. The van der Waals surface area contributed by atoms with E-state index in [1.54, 1.807) is 24.7 Å². The van der Waals surface area contributed by atoms with Gasteiger partial charge in [-0.25, -0.2) is 9.97 Å². The molecule has 3 rings (SSSR count). The highest BCUT2D eigenvalue weighted by Crippen LogP contribution is 2.30. The largest absolute Gasteiger partial charge is 0.384 e. The van der Waals surface area contributed by atoms with E-state index < -0.39 is 0 Å². The van der Waals surface area contributed by atoms with Gasteiger partial charge in [-0.1, -0.05) is 0 Å². The smallest absolute Gasteiger partial charge is 0.143 e. The SMILES string of the molecule is CC(C)(C)n1c(-c2ccc(N)nc2)nc2cnccc21. The van der Waals surface area contributed by atoms with Crippen LogP contribution in [0.1, 0.15) is 20.8 Å². The molecule has 0 saturated heterocycles. The zero-order chi connectivity index (χ0) is 14.3. The van der Waals surface area contributed by atoms with Crippen molar-refractivity contribution in [3.05, 3.63) is 36.8 Å². The molecule has 3 aromatic rings. The summed E-state index contributed by atoms with van der Waals surface area (Å²) in [6.45, 7) is 6.47. The van der Waals surface area contributed by atoms with Gasteiger partial charge in [0.1, 0.15) is 17.2 Å². The molecule has 3 heterocycles. The summed E-state index contributed by atoms with van der Waals surface area (Å²) in [6.07, 6.45) is 5.33. The van der Waals surface area contributed by atoms with Gasteiger partial charge < -0.3 is 10.3 Å². The van der Waals surface area contributed by atoms with Gasteiger partial charge >= 0.3 is 0 Å². The second-order valence-electron chi connectivity index (χ2n) is 5.78. The van der Waals surface area contributed by atoms with Crippen LogP contribution in [0.2, 0.25) is 0 Å². The number of fused-ring (bicyclic) bond motifs is 1. The molecule has 0 fully saturated rings. The number of rotatable bonds is 1. The third-order valence-electron chi connectivity index (χ3n) is 3.17. The summed E-state index contributed by atoms with van der Waals surface area (Å²) in [4.78, 5) is 13.0. The number of hydrogen-bond donors (Lipinski definition) is 1. The molecule has 0 spiro atoms. The van der Waals surface area contributed by atoms with Gasteiger partial charge in [-0.3, -0.25) is 4.98 Å². The van der Waals surface area contributed by atoms with Crippen molar-refractivity contribution in [2.24, 2.45) is 0 Å². The van der Waals surface area contributed by atoms with E-state index in [0.29, 0.717) is 5.82 Å². The van der Waals surface area contributed by atoms with Crippen molar-refractivity contribution in [1.29, 1.82) is 0 Å². The number of imidazole rings is 1. The first kappa shape index (κ1) is 12.6. The molecule has 0 bridgehead atoms. The van der Waals surface area contributed by atoms with E-state index in [4.69, 9.17) is 10.7 Å². The Bertz CT molecular complexity index is 750. The zero-order valence-corrected chi connectivity index (χ0v) is 11.8. The van der Waals surface area contributed by atoms with Crippen molar-refractivity contribution in [1.82, 2.24) is 19.5 Å². The maximum Gasteiger partial charge on any atom is 0.143 e. The van der Waals surface area contributed by atoms with Crippen LogP contribution in [-0.4, -0.2) is 19.5 Å². The van der Waals surface area contributed by atoms with Crippen molar-refractivity contribution in [3.63, 3.8) is 0 Å². The summed E-state index contributed by atoms with van der Waals surface area (Å²) in [5, 5.41) is 0. The van der Waals surface area contributed by atoms with Gasteiger partial charge in [0.05, 0.1) is 11.7 Å². The van der Waals surface area contributed by atoms with Crippen molar-refractivity contribution in [3.8, 4) is 11.4 Å². The first-order chi connectivity index (χ1) is 9.47. The summed E-state index contributed by atoms with van der Waals surface area (Å²) in [5.74, 6) is 1.39. The topological polar surface area (TPSA) is 69.6 Å². The minimum Gasteiger partial charge on any atom is -0.384 e. The standard InChI is InChI=1S/C15H17N5/c1-15(2,3)20-12-6-7-17-9-11(12)19-14(20)10-4-5-13(16)18-8-10/h4-9H,1-3H3,(H2,16,18). The van der Waals surface area contributed by atoms with Crippen LogP contribution in [0.4, 0.5) is 5.82 Å². The first-order valence-corrected chi connectivity index (χ1v) is 6.51. The molecule has 0 unspecified atom stereocenters. The normalized spacial score (nSPS) is 11.9. The average Bonchev–Trinajstić information content (AvgIpc) is 2.78. The third-order valence-corrected chi connectivity index (χ3v) is 3.17. The molecule has 2 N–H and O–H groups in total. The molecule has 0 aliphatic carbocycles. The molecule has 5 heteroatoms. The van der Waals surface area contributed by atoms with Crippen LogP contribution in [0.5, 0.6) is 0 Å². The third kappa shape index (κ3) is 2.01. The van der Waals surface area contributed by atoms with E-state index in [-0.39, 0.29) is 5.54 Å². The highest BCUT2D eigenvalue weighted by atomic mass is 15.1. The van der Waals surface area contributed by atoms with Crippen molar-refractivity contribution in [2.45, 2.75) is 26.3 Å². The number of aromatic nitrogens is 4. The van der Waals surface area contributed by atoms with Gasteiger partial charge in [-0.05, 0) is 39.0 Å². The van der Waals surface area contributed by atoms with Gasteiger partial charge in [0.2, 0.25) is 0 Å². The Morgan fingerprint density at radius 3 is 2.55 bits per heavy atom. The Balaban J connectivity index is 2.32. The highest BCUT2D eigenvalue weighted by Gasteiger charge is 2.22. The van der Waals surface area contributed by atoms with E-state index in [9.17, 15) is 0 Å². The fourth-order valence-corrected chi connectivity index (χ4v) is 2.34. The average molecular weight is 267 g/mol.